The van der Waals surface area contributed by atoms with E-state index in [9.17, 15) is 9.59 Å². The van der Waals surface area contributed by atoms with Gasteiger partial charge in [0.05, 0.1) is 0 Å². The quantitative estimate of drug-likeness (QED) is 0.882. The number of piperidine rings is 1. The zero-order valence-electron chi connectivity index (χ0n) is 14.3. The third kappa shape index (κ3) is 4.30. The van der Waals surface area contributed by atoms with Gasteiger partial charge in [0.2, 0.25) is 0 Å². The fourth-order valence-electron chi connectivity index (χ4n) is 3.22. The van der Waals surface area contributed by atoms with Crippen LogP contribution >= 0.6 is 12.4 Å². The van der Waals surface area contributed by atoms with Gasteiger partial charge in [0, 0.05) is 24.8 Å². The van der Waals surface area contributed by atoms with Crippen molar-refractivity contribution in [2.24, 2.45) is 11.7 Å². The molecule has 1 aliphatic rings. The summed E-state index contributed by atoms with van der Waals surface area (Å²) in [5, 5.41) is 0. The molecule has 6 heteroatoms. The van der Waals surface area contributed by atoms with Crippen molar-refractivity contribution in [2.75, 3.05) is 13.1 Å². The van der Waals surface area contributed by atoms with Crippen LogP contribution in [0.1, 0.15) is 30.1 Å². The number of benzene rings is 1. The molecule has 2 aromatic rings. The van der Waals surface area contributed by atoms with Gasteiger partial charge < -0.3 is 15.6 Å². The Bertz CT molecular complexity index is 774. The summed E-state index contributed by atoms with van der Waals surface area (Å²) < 4.78 is 0. The normalized spacial score (nSPS) is 18.3. The molecule has 3 rings (SSSR count). The van der Waals surface area contributed by atoms with Crippen molar-refractivity contribution in [3.8, 4) is 11.3 Å². The van der Waals surface area contributed by atoms with Crippen LogP contribution in [-0.4, -0.2) is 34.9 Å². The Hall–Kier alpha value is -2.11. The van der Waals surface area contributed by atoms with E-state index in [1.54, 1.807) is 17.0 Å². The van der Waals surface area contributed by atoms with Crippen molar-refractivity contribution in [1.29, 1.82) is 0 Å². The maximum Gasteiger partial charge on any atom is 0.261 e. The van der Waals surface area contributed by atoms with Gasteiger partial charge in [-0.25, -0.2) is 0 Å². The Kier molecular flexibility index (Phi) is 6.39. The highest BCUT2D eigenvalue weighted by atomic mass is 35.5. The number of carbonyl (C=O) groups is 1. The van der Waals surface area contributed by atoms with Crippen LogP contribution in [0.5, 0.6) is 0 Å². The van der Waals surface area contributed by atoms with Crippen LogP contribution in [0.3, 0.4) is 0 Å². The summed E-state index contributed by atoms with van der Waals surface area (Å²) in [7, 11) is 0. The molecule has 2 unspecified atom stereocenters. The minimum atomic E-state index is -0.343. The first-order chi connectivity index (χ1) is 11.6. The molecule has 1 aromatic heterocycles. The molecule has 134 valence electrons. The van der Waals surface area contributed by atoms with Gasteiger partial charge in [0.25, 0.3) is 11.5 Å². The lowest BCUT2D eigenvalue weighted by molar-refractivity contribution is 0.0659. The Labute approximate surface area is 153 Å². The lowest BCUT2D eigenvalue weighted by Gasteiger charge is -2.34. The van der Waals surface area contributed by atoms with E-state index in [1.807, 2.05) is 37.3 Å². The SMILES string of the molecule is CC(N)C1CCCN(C(=O)c2ccc(-c3ccccc3)[nH]c2=O)C1.Cl. The van der Waals surface area contributed by atoms with E-state index in [4.69, 9.17) is 5.73 Å². The third-order valence-electron chi connectivity index (χ3n) is 4.71. The number of nitrogens with zero attached hydrogens (tertiary/aromatic N) is 1. The number of nitrogens with two attached hydrogens (primary N) is 1. The van der Waals surface area contributed by atoms with Crippen LogP contribution in [0.4, 0.5) is 0 Å². The molecule has 25 heavy (non-hydrogen) atoms. The van der Waals surface area contributed by atoms with E-state index in [1.165, 1.54) is 0 Å². The van der Waals surface area contributed by atoms with E-state index in [-0.39, 0.29) is 35.5 Å². The lowest BCUT2D eigenvalue weighted by Crippen LogP contribution is -2.46. The van der Waals surface area contributed by atoms with Crippen LogP contribution in [0.25, 0.3) is 11.3 Å². The van der Waals surface area contributed by atoms with E-state index in [0.29, 0.717) is 24.7 Å². The molecule has 2 atom stereocenters. The van der Waals surface area contributed by atoms with Crippen molar-refractivity contribution < 1.29 is 4.79 Å². The number of hydrogen-bond donors (Lipinski definition) is 2. The molecule has 0 aliphatic carbocycles. The molecule has 0 saturated carbocycles. The number of amides is 1. The van der Waals surface area contributed by atoms with Crippen molar-refractivity contribution in [1.82, 2.24) is 9.88 Å². The number of nitrogens with one attached hydrogen (secondary N) is 1. The van der Waals surface area contributed by atoms with Gasteiger partial charge in [-0.3, -0.25) is 9.59 Å². The van der Waals surface area contributed by atoms with Crippen molar-refractivity contribution in [3.63, 3.8) is 0 Å². The standard InChI is InChI=1S/C19H23N3O2.ClH/c1-13(20)15-8-5-11-22(12-15)19(24)16-9-10-17(21-18(16)23)14-6-3-2-4-7-14;/h2-4,6-7,9-10,13,15H,5,8,11-12,20H2,1H3,(H,21,23);1H. The number of rotatable bonds is 3. The fourth-order valence-corrected chi connectivity index (χ4v) is 3.22. The number of H-pyrrole nitrogens is 1. The van der Waals surface area contributed by atoms with Gasteiger partial charge in [0.15, 0.2) is 0 Å². The summed E-state index contributed by atoms with van der Waals surface area (Å²) in [6, 6.07) is 13.1. The Morgan fingerprint density at radius 2 is 1.96 bits per heavy atom. The third-order valence-corrected chi connectivity index (χ3v) is 4.71. The molecule has 1 aliphatic heterocycles. The van der Waals surface area contributed by atoms with Gasteiger partial charge in [-0.2, -0.15) is 0 Å². The Balaban J connectivity index is 0.00000225. The number of likely N-dealkylation sites (tertiary alicyclic amines) is 1. The van der Waals surface area contributed by atoms with E-state index < -0.39 is 0 Å². The minimum absolute atomic E-state index is 0. The summed E-state index contributed by atoms with van der Waals surface area (Å²) in [5.41, 5.74) is 7.46. The van der Waals surface area contributed by atoms with Gasteiger partial charge in [0.1, 0.15) is 5.56 Å². The molecule has 1 saturated heterocycles. The van der Waals surface area contributed by atoms with Crippen LogP contribution in [0, 0.1) is 5.92 Å². The number of aromatic nitrogens is 1. The van der Waals surface area contributed by atoms with E-state index >= 15 is 0 Å². The number of aromatic amines is 1. The van der Waals surface area contributed by atoms with Gasteiger partial charge in [-0.05, 0) is 43.4 Å². The maximum atomic E-state index is 12.7. The molecule has 0 bridgehead atoms. The highest BCUT2D eigenvalue weighted by Gasteiger charge is 2.27. The van der Waals surface area contributed by atoms with Crippen LogP contribution in [0.2, 0.25) is 0 Å². The minimum Gasteiger partial charge on any atom is -0.338 e. The molecule has 3 N–H and O–H groups in total. The van der Waals surface area contributed by atoms with Crippen molar-refractivity contribution >= 4 is 18.3 Å². The maximum absolute atomic E-state index is 12.7. The number of carbonyl (C=O) groups excluding carboxylic acids is 1. The lowest BCUT2D eigenvalue weighted by atomic mass is 9.92. The zero-order valence-corrected chi connectivity index (χ0v) is 15.1. The topological polar surface area (TPSA) is 79.2 Å². The second-order valence-corrected chi connectivity index (χ2v) is 6.49. The molecule has 1 fully saturated rings. The molecule has 2 heterocycles. The molecular formula is C19H24ClN3O2. The molecular weight excluding hydrogens is 338 g/mol. The van der Waals surface area contributed by atoms with Crippen LogP contribution < -0.4 is 11.3 Å². The smallest absolute Gasteiger partial charge is 0.261 e. The number of hydrogen-bond acceptors (Lipinski definition) is 3. The summed E-state index contributed by atoms with van der Waals surface area (Å²) in [6.45, 7) is 3.28. The Morgan fingerprint density at radius 1 is 1.24 bits per heavy atom. The molecule has 5 nitrogen and oxygen atoms in total. The summed E-state index contributed by atoms with van der Waals surface area (Å²) in [4.78, 5) is 29.7. The van der Waals surface area contributed by atoms with Gasteiger partial charge in [-0.1, -0.05) is 30.3 Å². The predicted molar refractivity (Wildman–Crippen MR) is 102 cm³/mol. The monoisotopic (exact) mass is 361 g/mol. The highest BCUT2D eigenvalue weighted by molar-refractivity contribution is 5.94. The van der Waals surface area contributed by atoms with Crippen molar-refractivity contribution in [3.05, 3.63) is 58.4 Å². The second-order valence-electron chi connectivity index (χ2n) is 6.49. The average molecular weight is 362 g/mol. The zero-order chi connectivity index (χ0) is 17.1. The summed E-state index contributed by atoms with van der Waals surface area (Å²) in [6.07, 6.45) is 1.96. The fraction of sp³-hybridized carbons (Fsp3) is 0.368. The molecule has 1 amide bonds. The number of halogens is 1. The predicted octanol–water partition coefficient (Wildman–Crippen LogP) is 2.66. The highest BCUT2D eigenvalue weighted by Crippen LogP contribution is 2.20. The molecule has 0 radical (unpaired) electrons. The van der Waals surface area contributed by atoms with Gasteiger partial charge >= 0.3 is 0 Å². The molecule has 1 aromatic carbocycles. The molecule has 0 spiro atoms. The first kappa shape index (κ1) is 19.2. The first-order valence-electron chi connectivity index (χ1n) is 8.40. The van der Waals surface area contributed by atoms with Gasteiger partial charge in [-0.15, -0.1) is 12.4 Å². The largest absolute Gasteiger partial charge is 0.338 e. The van der Waals surface area contributed by atoms with Crippen LogP contribution in [0.15, 0.2) is 47.3 Å². The van der Waals surface area contributed by atoms with Crippen molar-refractivity contribution in [2.45, 2.75) is 25.8 Å². The van der Waals surface area contributed by atoms with E-state index in [0.717, 1.165) is 18.4 Å². The average Bonchev–Trinajstić information content (AvgIpc) is 2.62. The first-order valence-corrected chi connectivity index (χ1v) is 8.40. The summed E-state index contributed by atoms with van der Waals surface area (Å²) >= 11 is 0. The summed E-state index contributed by atoms with van der Waals surface area (Å²) in [5.74, 6) is 0.0894. The Morgan fingerprint density at radius 3 is 2.60 bits per heavy atom. The van der Waals surface area contributed by atoms with Crippen LogP contribution in [-0.2, 0) is 0 Å². The number of pyridine rings is 1. The second kappa shape index (κ2) is 8.32. The van der Waals surface area contributed by atoms with E-state index in [2.05, 4.69) is 4.98 Å².